The molecule has 2 N–H and O–H groups in total. The zero-order chi connectivity index (χ0) is 22.5. The highest BCUT2D eigenvalue weighted by molar-refractivity contribution is 5.98. The van der Waals surface area contributed by atoms with E-state index in [0.717, 1.165) is 16.5 Å². The summed E-state index contributed by atoms with van der Waals surface area (Å²) in [6.45, 7) is 0.163. The van der Waals surface area contributed by atoms with E-state index < -0.39 is 11.9 Å². The van der Waals surface area contributed by atoms with Gasteiger partial charge in [-0.1, -0.05) is 18.2 Å². The van der Waals surface area contributed by atoms with Crippen LogP contribution in [-0.2, 0) is 6.42 Å². The Balaban J connectivity index is 1.57. The fourth-order valence-electron chi connectivity index (χ4n) is 3.67. The Morgan fingerprint density at radius 1 is 0.906 bits per heavy atom. The van der Waals surface area contributed by atoms with E-state index >= 15 is 0 Å². The summed E-state index contributed by atoms with van der Waals surface area (Å²) in [4.78, 5) is 27.7. The van der Waals surface area contributed by atoms with Crippen molar-refractivity contribution in [3.8, 4) is 11.5 Å². The smallest absolute Gasteiger partial charge is 0.335 e. The number of nitrogens with one attached hydrogen (secondary N) is 1. The van der Waals surface area contributed by atoms with Gasteiger partial charge in [0.15, 0.2) is 5.78 Å². The average molecular weight is 429 g/mol. The Morgan fingerprint density at radius 3 is 2.25 bits per heavy atom. The molecule has 0 spiro atoms. The lowest BCUT2D eigenvalue weighted by Gasteiger charge is -2.17. The number of para-hydroxylation sites is 1. The van der Waals surface area contributed by atoms with E-state index in [1.165, 1.54) is 12.1 Å². The van der Waals surface area contributed by atoms with Crippen molar-refractivity contribution in [1.29, 1.82) is 0 Å². The van der Waals surface area contributed by atoms with Crippen molar-refractivity contribution in [2.75, 3.05) is 13.7 Å². The summed E-state index contributed by atoms with van der Waals surface area (Å²) >= 11 is 0. The highest BCUT2D eigenvalue weighted by atomic mass is 16.5. The largest absolute Gasteiger partial charge is 0.497 e. The summed E-state index contributed by atoms with van der Waals surface area (Å²) < 4.78 is 11.1. The van der Waals surface area contributed by atoms with Gasteiger partial charge in [-0.25, -0.2) is 4.79 Å². The number of aromatic carboxylic acids is 1. The van der Waals surface area contributed by atoms with Gasteiger partial charge in [-0.05, 0) is 66.6 Å². The molecule has 0 unspecified atom stereocenters. The number of aromatic amines is 1. The number of hydrogen-bond acceptors (Lipinski definition) is 4. The predicted octanol–water partition coefficient (Wildman–Crippen LogP) is 5.00. The normalized spacial score (nSPS) is 11.8. The number of Topliss-reactive ketones (excluding diaryl/α,β-unsaturated/α-hetero) is 1. The number of carboxylic acids is 1. The summed E-state index contributed by atoms with van der Waals surface area (Å²) in [6.07, 6.45) is 2.43. The second kappa shape index (κ2) is 9.39. The van der Waals surface area contributed by atoms with Gasteiger partial charge in [0.05, 0.1) is 25.2 Å². The maximum atomic E-state index is 13.4. The number of carbonyl (C=O) groups is 2. The van der Waals surface area contributed by atoms with E-state index in [-0.39, 0.29) is 18.0 Å². The molecule has 0 bridgehead atoms. The highest BCUT2D eigenvalue weighted by Crippen LogP contribution is 2.24. The fraction of sp³-hybridized carbons (Fsp3) is 0.154. The SMILES string of the molecule is COc1ccc(C(=O)[C@H](COc2ccc(C(=O)O)cc2)Cc2c[nH]c3ccccc23)cc1. The molecule has 0 aliphatic heterocycles. The van der Waals surface area contributed by atoms with Crippen LogP contribution in [0.4, 0.5) is 0 Å². The van der Waals surface area contributed by atoms with Crippen LogP contribution < -0.4 is 9.47 Å². The minimum absolute atomic E-state index is 0.0277. The van der Waals surface area contributed by atoms with Crippen LogP contribution in [0.25, 0.3) is 10.9 Å². The van der Waals surface area contributed by atoms with Crippen LogP contribution in [0.3, 0.4) is 0 Å². The zero-order valence-electron chi connectivity index (χ0n) is 17.6. The Bertz CT molecular complexity index is 1230. The Kier molecular flexibility index (Phi) is 6.22. The number of carbonyl (C=O) groups excluding carboxylic acids is 1. The van der Waals surface area contributed by atoms with E-state index in [0.29, 0.717) is 23.5 Å². The van der Waals surface area contributed by atoms with Crippen molar-refractivity contribution >= 4 is 22.7 Å². The van der Waals surface area contributed by atoms with E-state index in [4.69, 9.17) is 14.6 Å². The topological polar surface area (TPSA) is 88.6 Å². The highest BCUT2D eigenvalue weighted by Gasteiger charge is 2.23. The first-order chi connectivity index (χ1) is 15.5. The van der Waals surface area contributed by atoms with Crippen LogP contribution in [0, 0.1) is 5.92 Å². The minimum atomic E-state index is -0.997. The number of carboxylic acid groups (broad SMARTS) is 1. The summed E-state index contributed by atoms with van der Waals surface area (Å²) in [6, 6.07) is 21.2. The summed E-state index contributed by atoms with van der Waals surface area (Å²) in [5.74, 6) is -0.253. The first-order valence-corrected chi connectivity index (χ1v) is 10.2. The number of rotatable bonds is 9. The lowest BCUT2D eigenvalue weighted by molar-refractivity contribution is 0.0696. The molecule has 162 valence electrons. The van der Waals surface area contributed by atoms with Gasteiger partial charge in [-0.3, -0.25) is 4.79 Å². The Hall–Kier alpha value is -4.06. The van der Waals surface area contributed by atoms with Gasteiger partial charge >= 0.3 is 5.97 Å². The first kappa shape index (κ1) is 21.2. The number of aromatic nitrogens is 1. The molecule has 3 aromatic carbocycles. The maximum absolute atomic E-state index is 13.4. The number of ether oxygens (including phenoxy) is 2. The standard InChI is InChI=1S/C26H23NO5/c1-31-21-10-6-17(7-11-21)25(28)20(14-19-15-27-24-5-3-2-4-23(19)24)16-32-22-12-8-18(9-13-22)26(29)30/h2-13,15,20,27H,14,16H2,1H3,(H,29,30)/t20-/m0/s1. The van der Waals surface area contributed by atoms with E-state index in [1.807, 2.05) is 30.5 Å². The number of hydrogen-bond donors (Lipinski definition) is 2. The van der Waals surface area contributed by atoms with Crippen LogP contribution in [0.1, 0.15) is 26.3 Å². The maximum Gasteiger partial charge on any atom is 0.335 e. The molecule has 0 amide bonds. The molecule has 1 heterocycles. The molecule has 0 aliphatic rings. The Morgan fingerprint density at radius 2 is 1.56 bits per heavy atom. The minimum Gasteiger partial charge on any atom is -0.497 e. The molecule has 1 atom stereocenters. The number of benzene rings is 3. The quantitative estimate of drug-likeness (QED) is 0.366. The van der Waals surface area contributed by atoms with E-state index in [9.17, 15) is 9.59 Å². The van der Waals surface area contributed by atoms with Crippen LogP contribution in [0.2, 0.25) is 0 Å². The molecule has 6 nitrogen and oxygen atoms in total. The monoisotopic (exact) mass is 429 g/mol. The van der Waals surface area contributed by atoms with Crippen molar-refractivity contribution in [2.24, 2.45) is 5.92 Å². The van der Waals surface area contributed by atoms with Crippen molar-refractivity contribution in [1.82, 2.24) is 4.98 Å². The molecule has 0 saturated carbocycles. The molecular formula is C26H23NO5. The van der Waals surface area contributed by atoms with Crippen LogP contribution in [0.15, 0.2) is 79.0 Å². The molecule has 0 radical (unpaired) electrons. The van der Waals surface area contributed by atoms with Crippen molar-refractivity contribution in [2.45, 2.75) is 6.42 Å². The second-order valence-corrected chi connectivity index (χ2v) is 7.49. The summed E-state index contributed by atoms with van der Waals surface area (Å²) in [7, 11) is 1.58. The van der Waals surface area contributed by atoms with Crippen molar-refractivity contribution < 1.29 is 24.2 Å². The number of ketones is 1. The third kappa shape index (κ3) is 4.64. The van der Waals surface area contributed by atoms with E-state index in [2.05, 4.69) is 4.98 Å². The second-order valence-electron chi connectivity index (χ2n) is 7.49. The number of fused-ring (bicyclic) bond motifs is 1. The molecule has 4 rings (SSSR count). The average Bonchev–Trinajstić information content (AvgIpc) is 3.24. The third-order valence-electron chi connectivity index (χ3n) is 5.44. The van der Waals surface area contributed by atoms with Crippen LogP contribution in [-0.4, -0.2) is 35.6 Å². The van der Waals surface area contributed by atoms with Crippen LogP contribution in [0.5, 0.6) is 11.5 Å². The van der Waals surface area contributed by atoms with Gasteiger partial charge in [-0.15, -0.1) is 0 Å². The zero-order valence-corrected chi connectivity index (χ0v) is 17.6. The molecule has 0 saturated heterocycles. The molecule has 0 aliphatic carbocycles. The van der Waals surface area contributed by atoms with Gasteiger partial charge in [0.25, 0.3) is 0 Å². The van der Waals surface area contributed by atoms with Gasteiger partial charge in [0.1, 0.15) is 11.5 Å². The molecule has 4 aromatic rings. The van der Waals surface area contributed by atoms with Crippen LogP contribution >= 0.6 is 0 Å². The molecule has 1 aromatic heterocycles. The van der Waals surface area contributed by atoms with Crippen molar-refractivity contribution in [3.05, 3.63) is 95.7 Å². The third-order valence-corrected chi connectivity index (χ3v) is 5.44. The first-order valence-electron chi connectivity index (χ1n) is 10.2. The summed E-state index contributed by atoms with van der Waals surface area (Å²) in [5, 5.41) is 10.1. The number of H-pyrrole nitrogens is 1. The molecule has 0 fully saturated rings. The molecule has 6 heteroatoms. The molecular weight excluding hydrogens is 406 g/mol. The van der Waals surface area contributed by atoms with E-state index in [1.54, 1.807) is 43.5 Å². The van der Waals surface area contributed by atoms with Gasteiger partial charge in [-0.2, -0.15) is 0 Å². The predicted molar refractivity (Wildman–Crippen MR) is 122 cm³/mol. The number of methoxy groups -OCH3 is 1. The van der Waals surface area contributed by atoms with Crippen molar-refractivity contribution in [3.63, 3.8) is 0 Å². The fourth-order valence-corrected chi connectivity index (χ4v) is 3.67. The Labute approximate surface area is 185 Å². The van der Waals surface area contributed by atoms with Gasteiger partial charge in [0, 0.05) is 22.7 Å². The van der Waals surface area contributed by atoms with Gasteiger partial charge in [0.2, 0.25) is 0 Å². The lowest BCUT2D eigenvalue weighted by Crippen LogP contribution is -2.24. The lowest BCUT2D eigenvalue weighted by atomic mass is 9.91. The summed E-state index contributed by atoms with van der Waals surface area (Å²) in [5.41, 5.74) is 2.82. The molecule has 32 heavy (non-hydrogen) atoms. The van der Waals surface area contributed by atoms with Gasteiger partial charge < -0.3 is 19.6 Å².